The molecule has 72 valence electrons. The predicted octanol–water partition coefficient (Wildman–Crippen LogP) is 0.215. The molecule has 4 atom stereocenters. The summed E-state index contributed by atoms with van der Waals surface area (Å²) in [5.41, 5.74) is 0. The molecular formula is C10H16N2O. The van der Waals surface area contributed by atoms with Crippen molar-refractivity contribution < 1.29 is 4.79 Å². The van der Waals surface area contributed by atoms with Crippen molar-refractivity contribution in [2.75, 3.05) is 13.1 Å². The minimum Gasteiger partial charge on any atom is -0.339 e. The fourth-order valence-electron chi connectivity index (χ4n) is 2.59. The van der Waals surface area contributed by atoms with Crippen LogP contribution in [0.3, 0.4) is 0 Å². The topological polar surface area (TPSA) is 32.3 Å². The smallest absolute Gasteiger partial charge is 0.226 e. The summed E-state index contributed by atoms with van der Waals surface area (Å²) in [4.78, 5) is 13.9. The third-order valence-electron chi connectivity index (χ3n) is 3.66. The zero-order valence-electron chi connectivity index (χ0n) is 7.99. The molecule has 1 amide bonds. The highest BCUT2D eigenvalue weighted by molar-refractivity contribution is 5.82. The van der Waals surface area contributed by atoms with Crippen molar-refractivity contribution in [1.82, 2.24) is 10.2 Å². The van der Waals surface area contributed by atoms with Gasteiger partial charge in [-0.15, -0.1) is 0 Å². The molecule has 0 radical (unpaired) electrons. The highest BCUT2D eigenvalue weighted by Gasteiger charge is 2.45. The molecule has 3 heteroatoms. The molecule has 0 spiro atoms. The molecule has 4 aliphatic rings. The predicted molar refractivity (Wildman–Crippen MR) is 49.2 cm³/mol. The van der Waals surface area contributed by atoms with Gasteiger partial charge in [0.15, 0.2) is 0 Å². The number of rotatable bonds is 1. The second-order valence-electron chi connectivity index (χ2n) is 4.86. The Morgan fingerprint density at radius 3 is 2.31 bits per heavy atom. The molecular weight excluding hydrogens is 164 g/mol. The Morgan fingerprint density at radius 1 is 1.31 bits per heavy atom. The second kappa shape index (κ2) is 2.47. The van der Waals surface area contributed by atoms with Gasteiger partial charge in [-0.2, -0.15) is 0 Å². The van der Waals surface area contributed by atoms with Crippen LogP contribution in [-0.4, -0.2) is 36.0 Å². The fourth-order valence-corrected chi connectivity index (χ4v) is 2.59. The first-order valence-electron chi connectivity index (χ1n) is 5.29. The second-order valence-corrected chi connectivity index (χ2v) is 4.86. The number of piperazine rings is 1. The molecule has 3 aliphatic heterocycles. The Hall–Kier alpha value is -0.570. The standard InChI is InChI=1S/C10H16N2O/c1-6-2-9(6)10(13)12-4-7-3-8(5-12)11-7/h6-9,11H,2-5H2,1H3/t6-,7?,8?,9?/m1/s1. The van der Waals surface area contributed by atoms with Crippen LogP contribution in [-0.2, 0) is 4.79 Å². The van der Waals surface area contributed by atoms with Gasteiger partial charge in [0, 0.05) is 31.1 Å². The van der Waals surface area contributed by atoms with Crippen LogP contribution in [0, 0.1) is 11.8 Å². The third kappa shape index (κ3) is 1.17. The van der Waals surface area contributed by atoms with Crippen molar-refractivity contribution in [1.29, 1.82) is 0 Å². The number of nitrogens with one attached hydrogen (secondary N) is 1. The zero-order chi connectivity index (χ0) is 9.00. The first kappa shape index (κ1) is 7.80. The normalized spacial score (nSPS) is 47.0. The van der Waals surface area contributed by atoms with Gasteiger partial charge in [0.1, 0.15) is 0 Å². The van der Waals surface area contributed by atoms with E-state index in [2.05, 4.69) is 17.1 Å². The summed E-state index contributed by atoms with van der Waals surface area (Å²) in [6, 6.07) is 1.22. The Morgan fingerprint density at radius 2 is 1.85 bits per heavy atom. The number of carbonyl (C=O) groups excluding carboxylic acids is 1. The monoisotopic (exact) mass is 180 g/mol. The molecule has 2 bridgehead atoms. The summed E-state index contributed by atoms with van der Waals surface area (Å²) in [5, 5.41) is 3.44. The molecule has 0 aromatic heterocycles. The maximum Gasteiger partial charge on any atom is 0.226 e. The SMILES string of the molecule is C[C@@H]1CC1C(=O)N1CC2CC(C1)N2. The lowest BCUT2D eigenvalue weighted by molar-refractivity contribution is -0.137. The highest BCUT2D eigenvalue weighted by Crippen LogP contribution is 2.40. The van der Waals surface area contributed by atoms with E-state index in [1.165, 1.54) is 6.42 Å². The molecule has 3 unspecified atom stereocenters. The average molecular weight is 180 g/mol. The molecule has 1 aliphatic carbocycles. The maximum absolute atomic E-state index is 11.8. The number of nitrogens with zero attached hydrogens (tertiary/aromatic N) is 1. The summed E-state index contributed by atoms with van der Waals surface area (Å²) in [7, 11) is 0. The summed E-state index contributed by atoms with van der Waals surface area (Å²) in [6.07, 6.45) is 2.40. The lowest BCUT2D eigenvalue weighted by atomic mass is 9.91. The van der Waals surface area contributed by atoms with E-state index < -0.39 is 0 Å². The van der Waals surface area contributed by atoms with Crippen LogP contribution in [0.5, 0.6) is 0 Å². The van der Waals surface area contributed by atoms with Crippen LogP contribution >= 0.6 is 0 Å². The Bertz CT molecular complexity index is 237. The lowest BCUT2D eigenvalue weighted by Crippen LogP contribution is -2.67. The summed E-state index contributed by atoms with van der Waals surface area (Å²) in [6.45, 7) is 4.09. The maximum atomic E-state index is 11.8. The number of amides is 1. The Balaban J connectivity index is 1.63. The molecule has 0 aromatic carbocycles. The number of hydrogen-bond acceptors (Lipinski definition) is 2. The minimum absolute atomic E-state index is 0.373. The van der Waals surface area contributed by atoms with Crippen molar-refractivity contribution in [2.24, 2.45) is 11.8 Å². The number of carbonyl (C=O) groups is 1. The van der Waals surface area contributed by atoms with E-state index in [9.17, 15) is 4.79 Å². The summed E-state index contributed by atoms with van der Waals surface area (Å²) in [5.74, 6) is 1.44. The molecule has 1 N–H and O–H groups in total. The quantitative estimate of drug-likeness (QED) is 0.626. The van der Waals surface area contributed by atoms with E-state index in [0.717, 1.165) is 19.5 Å². The van der Waals surface area contributed by atoms with E-state index in [0.29, 0.717) is 29.8 Å². The van der Waals surface area contributed by atoms with E-state index in [-0.39, 0.29) is 0 Å². The number of fused-ring (bicyclic) bond motifs is 2. The first-order valence-corrected chi connectivity index (χ1v) is 5.29. The van der Waals surface area contributed by atoms with Crippen LogP contribution in [0.25, 0.3) is 0 Å². The number of piperidine rings is 1. The van der Waals surface area contributed by atoms with Gasteiger partial charge < -0.3 is 10.2 Å². The van der Waals surface area contributed by atoms with Crippen LogP contribution < -0.4 is 5.32 Å². The lowest BCUT2D eigenvalue weighted by Gasteiger charge is -2.48. The molecule has 0 aromatic rings. The van der Waals surface area contributed by atoms with E-state index in [4.69, 9.17) is 0 Å². The zero-order valence-corrected chi connectivity index (χ0v) is 7.99. The molecule has 3 heterocycles. The molecule has 4 rings (SSSR count). The van der Waals surface area contributed by atoms with Gasteiger partial charge in [-0.1, -0.05) is 6.92 Å². The van der Waals surface area contributed by atoms with Crippen molar-refractivity contribution in [3.8, 4) is 0 Å². The minimum atomic E-state index is 0.373. The van der Waals surface area contributed by atoms with Crippen LogP contribution in [0.15, 0.2) is 0 Å². The first-order chi connectivity index (χ1) is 6.24. The van der Waals surface area contributed by atoms with Gasteiger partial charge in [-0.05, 0) is 18.8 Å². The van der Waals surface area contributed by atoms with Gasteiger partial charge in [0.25, 0.3) is 0 Å². The fraction of sp³-hybridized carbons (Fsp3) is 0.900. The van der Waals surface area contributed by atoms with Crippen molar-refractivity contribution in [3.05, 3.63) is 0 Å². The molecule has 4 fully saturated rings. The van der Waals surface area contributed by atoms with Crippen LogP contribution in [0.2, 0.25) is 0 Å². The van der Waals surface area contributed by atoms with E-state index in [1.54, 1.807) is 0 Å². The summed E-state index contributed by atoms with van der Waals surface area (Å²) >= 11 is 0. The molecule has 3 saturated heterocycles. The average Bonchev–Trinajstić information content (AvgIpc) is 2.80. The van der Waals surface area contributed by atoms with Crippen molar-refractivity contribution in [3.63, 3.8) is 0 Å². The third-order valence-corrected chi connectivity index (χ3v) is 3.66. The Labute approximate surface area is 78.5 Å². The highest BCUT2D eigenvalue weighted by atomic mass is 16.2. The van der Waals surface area contributed by atoms with Crippen molar-refractivity contribution >= 4 is 5.91 Å². The Kier molecular flexibility index (Phi) is 1.48. The molecule has 1 saturated carbocycles. The van der Waals surface area contributed by atoms with Gasteiger partial charge in [-0.3, -0.25) is 4.79 Å². The van der Waals surface area contributed by atoms with Crippen molar-refractivity contribution in [2.45, 2.75) is 31.8 Å². The van der Waals surface area contributed by atoms with Gasteiger partial charge >= 0.3 is 0 Å². The largest absolute Gasteiger partial charge is 0.339 e. The van der Waals surface area contributed by atoms with E-state index >= 15 is 0 Å². The van der Waals surface area contributed by atoms with Gasteiger partial charge in [0.05, 0.1) is 0 Å². The van der Waals surface area contributed by atoms with Crippen LogP contribution in [0.1, 0.15) is 19.8 Å². The number of hydrogen-bond donors (Lipinski definition) is 1. The molecule has 13 heavy (non-hydrogen) atoms. The van der Waals surface area contributed by atoms with E-state index in [1.807, 2.05) is 0 Å². The summed E-state index contributed by atoms with van der Waals surface area (Å²) < 4.78 is 0. The van der Waals surface area contributed by atoms with Crippen LogP contribution in [0.4, 0.5) is 0 Å². The van der Waals surface area contributed by atoms with Gasteiger partial charge in [0.2, 0.25) is 5.91 Å². The molecule has 3 nitrogen and oxygen atoms in total. The van der Waals surface area contributed by atoms with Gasteiger partial charge in [-0.25, -0.2) is 0 Å².